The average molecular weight is 144 g/mol. The minimum atomic E-state index is -0.117. The van der Waals surface area contributed by atoms with E-state index in [1.807, 2.05) is 0 Å². The summed E-state index contributed by atoms with van der Waals surface area (Å²) in [6.07, 6.45) is 0. The molecular weight excluding hydrogens is 132 g/mol. The number of hydrogen-bond donors (Lipinski definition) is 2. The number of amides is 1. The van der Waals surface area contributed by atoms with Crippen LogP contribution in [0.1, 0.15) is 0 Å². The topological polar surface area (TPSA) is 84.7 Å². The van der Waals surface area contributed by atoms with Gasteiger partial charge in [0, 0.05) is 14.1 Å². The molecule has 4 N–H and O–H groups in total. The van der Waals surface area contributed by atoms with E-state index in [0.29, 0.717) is 0 Å². The number of nitrogens with zero attached hydrogens (tertiary/aromatic N) is 2. The maximum Gasteiger partial charge on any atom is 0.243 e. The van der Waals surface area contributed by atoms with Crippen molar-refractivity contribution in [3.8, 4) is 0 Å². The number of carbonyl (C=O) groups is 1. The Morgan fingerprint density at radius 1 is 1.50 bits per heavy atom. The molecule has 0 aliphatic carbocycles. The van der Waals surface area contributed by atoms with Gasteiger partial charge in [0.15, 0.2) is 5.96 Å². The quantitative estimate of drug-likeness (QED) is 0.359. The van der Waals surface area contributed by atoms with Crippen molar-refractivity contribution < 1.29 is 4.79 Å². The van der Waals surface area contributed by atoms with Gasteiger partial charge in [-0.05, 0) is 0 Å². The van der Waals surface area contributed by atoms with Crippen molar-refractivity contribution in [3.63, 3.8) is 0 Å². The predicted octanol–water partition coefficient (Wildman–Crippen LogP) is -1.65. The van der Waals surface area contributed by atoms with Gasteiger partial charge in [-0.2, -0.15) is 0 Å². The van der Waals surface area contributed by atoms with Crippen molar-refractivity contribution in [2.24, 2.45) is 16.5 Å². The number of rotatable bonds is 2. The van der Waals surface area contributed by atoms with Crippen LogP contribution in [-0.4, -0.2) is 37.4 Å². The first-order valence-electron chi connectivity index (χ1n) is 2.79. The summed E-state index contributed by atoms with van der Waals surface area (Å²) in [6, 6.07) is 0. The highest BCUT2D eigenvalue weighted by Crippen LogP contribution is 1.78. The summed E-state index contributed by atoms with van der Waals surface area (Å²) in [5.41, 5.74) is 10.00. The first-order chi connectivity index (χ1) is 4.54. The molecule has 0 saturated carbocycles. The van der Waals surface area contributed by atoms with E-state index in [1.165, 1.54) is 4.90 Å². The third kappa shape index (κ3) is 3.71. The second kappa shape index (κ2) is 3.71. The van der Waals surface area contributed by atoms with E-state index >= 15 is 0 Å². The van der Waals surface area contributed by atoms with Crippen LogP contribution in [0.5, 0.6) is 0 Å². The normalized spacial score (nSPS) is 8.60. The Morgan fingerprint density at radius 2 is 2.00 bits per heavy atom. The zero-order valence-corrected chi connectivity index (χ0v) is 6.16. The number of aliphatic imine (C=N–C) groups is 1. The van der Waals surface area contributed by atoms with Crippen molar-refractivity contribution in [2.45, 2.75) is 0 Å². The van der Waals surface area contributed by atoms with Crippen LogP contribution in [0.2, 0.25) is 0 Å². The van der Waals surface area contributed by atoms with Gasteiger partial charge in [0.25, 0.3) is 0 Å². The Kier molecular flexibility index (Phi) is 3.24. The Hall–Kier alpha value is -1.26. The molecule has 0 spiro atoms. The molecule has 0 aliphatic rings. The monoisotopic (exact) mass is 144 g/mol. The third-order valence-corrected chi connectivity index (χ3v) is 0.896. The van der Waals surface area contributed by atoms with Gasteiger partial charge < -0.3 is 16.4 Å². The van der Waals surface area contributed by atoms with E-state index in [2.05, 4.69) is 4.99 Å². The number of likely N-dealkylation sites (N-methyl/N-ethyl adjacent to an activating group) is 1. The van der Waals surface area contributed by atoms with Crippen molar-refractivity contribution in [2.75, 3.05) is 20.6 Å². The summed E-state index contributed by atoms with van der Waals surface area (Å²) >= 11 is 0. The maximum atomic E-state index is 10.8. The molecule has 58 valence electrons. The van der Waals surface area contributed by atoms with Crippen LogP contribution in [0.3, 0.4) is 0 Å². The molecule has 0 rings (SSSR count). The summed E-state index contributed by atoms with van der Waals surface area (Å²) in [5.74, 6) is -0.177. The van der Waals surface area contributed by atoms with Crippen LogP contribution >= 0.6 is 0 Å². The van der Waals surface area contributed by atoms with Crippen LogP contribution in [0.25, 0.3) is 0 Å². The highest BCUT2D eigenvalue weighted by molar-refractivity contribution is 5.82. The van der Waals surface area contributed by atoms with Gasteiger partial charge in [0.05, 0.1) is 0 Å². The fraction of sp³-hybridized carbons (Fsp3) is 0.600. The largest absolute Gasteiger partial charge is 0.370 e. The molecule has 0 aromatic heterocycles. The van der Waals surface area contributed by atoms with Gasteiger partial charge in [0.2, 0.25) is 5.91 Å². The number of nitrogens with two attached hydrogens (primary N) is 2. The van der Waals surface area contributed by atoms with Crippen molar-refractivity contribution in [1.82, 2.24) is 4.90 Å². The second-order valence-corrected chi connectivity index (χ2v) is 2.03. The number of carbonyl (C=O) groups excluding carboxylic acids is 1. The fourth-order valence-corrected chi connectivity index (χ4v) is 0.300. The van der Waals surface area contributed by atoms with Crippen molar-refractivity contribution >= 4 is 11.9 Å². The van der Waals surface area contributed by atoms with Crippen LogP contribution in [-0.2, 0) is 4.79 Å². The molecule has 0 bridgehead atoms. The van der Waals surface area contributed by atoms with Gasteiger partial charge in [-0.25, -0.2) is 4.99 Å². The minimum absolute atomic E-state index is 0.0231. The Morgan fingerprint density at radius 3 is 2.30 bits per heavy atom. The smallest absolute Gasteiger partial charge is 0.243 e. The summed E-state index contributed by atoms with van der Waals surface area (Å²) in [4.78, 5) is 15.7. The van der Waals surface area contributed by atoms with E-state index in [0.717, 1.165) is 0 Å². The van der Waals surface area contributed by atoms with Crippen molar-refractivity contribution in [3.05, 3.63) is 0 Å². The first-order valence-corrected chi connectivity index (χ1v) is 2.79. The number of guanidine groups is 1. The summed E-state index contributed by atoms with van der Waals surface area (Å²) in [5, 5.41) is 0. The first kappa shape index (κ1) is 8.74. The lowest BCUT2D eigenvalue weighted by Gasteiger charge is -2.06. The highest BCUT2D eigenvalue weighted by atomic mass is 16.2. The van der Waals surface area contributed by atoms with Gasteiger partial charge >= 0.3 is 0 Å². The molecule has 0 radical (unpaired) electrons. The molecule has 0 heterocycles. The molecule has 0 atom stereocenters. The zero-order valence-electron chi connectivity index (χ0n) is 6.16. The lowest BCUT2D eigenvalue weighted by atomic mass is 10.5. The van der Waals surface area contributed by atoms with Crippen LogP contribution in [0.4, 0.5) is 0 Å². The Balaban J connectivity index is 3.71. The Labute approximate surface area is 59.7 Å². The van der Waals surface area contributed by atoms with Crippen molar-refractivity contribution in [1.29, 1.82) is 0 Å². The van der Waals surface area contributed by atoms with Gasteiger partial charge in [-0.3, -0.25) is 4.79 Å². The average Bonchev–Trinajstić information content (AvgIpc) is 1.82. The SMILES string of the molecule is CN(C)C(=O)CN=C(N)N. The van der Waals surface area contributed by atoms with Crippen LogP contribution < -0.4 is 11.5 Å². The molecule has 5 heteroatoms. The molecule has 1 amide bonds. The standard InChI is InChI=1S/C5H12N4O/c1-9(2)4(10)3-8-5(6)7/h3H2,1-2H3,(H4,6,7,8). The molecule has 0 unspecified atom stereocenters. The molecule has 0 aromatic rings. The van der Waals surface area contributed by atoms with Crippen LogP contribution in [0.15, 0.2) is 4.99 Å². The van der Waals surface area contributed by atoms with E-state index in [-0.39, 0.29) is 18.4 Å². The maximum absolute atomic E-state index is 10.8. The predicted molar refractivity (Wildman–Crippen MR) is 39.4 cm³/mol. The summed E-state index contributed by atoms with van der Waals surface area (Å²) in [6.45, 7) is 0.0231. The van der Waals surface area contributed by atoms with E-state index in [9.17, 15) is 4.79 Å². The molecule has 0 saturated heterocycles. The van der Waals surface area contributed by atoms with Gasteiger partial charge in [-0.1, -0.05) is 0 Å². The molecule has 0 aliphatic heterocycles. The summed E-state index contributed by atoms with van der Waals surface area (Å²) in [7, 11) is 3.29. The zero-order chi connectivity index (χ0) is 8.15. The molecule has 0 fully saturated rings. The van der Waals surface area contributed by atoms with Crippen LogP contribution in [0, 0.1) is 0 Å². The van der Waals surface area contributed by atoms with Gasteiger partial charge in [0.1, 0.15) is 6.54 Å². The molecular formula is C5H12N4O. The van der Waals surface area contributed by atoms with Gasteiger partial charge in [-0.15, -0.1) is 0 Å². The van der Waals surface area contributed by atoms with E-state index < -0.39 is 0 Å². The highest BCUT2D eigenvalue weighted by Gasteiger charge is 2.00. The second-order valence-electron chi connectivity index (χ2n) is 2.03. The molecule has 5 nitrogen and oxygen atoms in total. The van der Waals surface area contributed by atoms with E-state index in [4.69, 9.17) is 11.5 Å². The third-order valence-electron chi connectivity index (χ3n) is 0.896. The lowest BCUT2D eigenvalue weighted by molar-refractivity contribution is -0.127. The minimum Gasteiger partial charge on any atom is -0.370 e. The molecule has 0 aromatic carbocycles. The lowest BCUT2D eigenvalue weighted by Crippen LogP contribution is -2.28. The summed E-state index contributed by atoms with van der Waals surface area (Å²) < 4.78 is 0. The molecule has 10 heavy (non-hydrogen) atoms. The number of hydrogen-bond acceptors (Lipinski definition) is 2. The fourth-order valence-electron chi connectivity index (χ4n) is 0.300. The Bertz CT molecular complexity index is 148. The van der Waals surface area contributed by atoms with E-state index in [1.54, 1.807) is 14.1 Å².